The van der Waals surface area contributed by atoms with E-state index in [1.807, 2.05) is 0 Å². The van der Waals surface area contributed by atoms with E-state index in [0.29, 0.717) is 5.02 Å². The minimum Gasteiger partial charge on any atom is -0.286 e. The van der Waals surface area contributed by atoms with Gasteiger partial charge in [-0.2, -0.15) is 0 Å². The van der Waals surface area contributed by atoms with Gasteiger partial charge in [-0.25, -0.2) is 0 Å². The number of hydrogen-bond acceptors (Lipinski definition) is 2. The van der Waals surface area contributed by atoms with Crippen LogP contribution in [0.3, 0.4) is 0 Å². The molecule has 0 atom stereocenters. The lowest BCUT2D eigenvalue weighted by Crippen LogP contribution is -1.75. The van der Waals surface area contributed by atoms with Crippen molar-refractivity contribution in [1.82, 2.24) is 4.98 Å². The van der Waals surface area contributed by atoms with Gasteiger partial charge < -0.3 is 0 Å². The molecule has 0 unspecified atom stereocenters. The van der Waals surface area contributed by atoms with Gasteiger partial charge in [0.25, 0.3) is 0 Å². The monoisotopic (exact) mass is 166 g/mol. The fourth-order valence-corrected chi connectivity index (χ4v) is 0.832. The van der Waals surface area contributed by atoms with Crippen LogP contribution in [0.25, 0.3) is 6.08 Å². The van der Waals surface area contributed by atoms with Gasteiger partial charge in [0.2, 0.25) is 6.29 Å². The van der Waals surface area contributed by atoms with Crippen molar-refractivity contribution < 1.29 is 4.79 Å². The molecule has 1 aromatic heterocycles. The number of halogens is 1. The minimum absolute atomic E-state index is 0.554. The Bertz CT molecular complexity index is 283. The van der Waals surface area contributed by atoms with Crippen LogP contribution >= 0.6 is 11.6 Å². The maximum atomic E-state index is 9.80. The van der Waals surface area contributed by atoms with E-state index in [1.165, 1.54) is 12.3 Å². The van der Waals surface area contributed by atoms with E-state index in [4.69, 9.17) is 11.6 Å². The van der Waals surface area contributed by atoms with E-state index in [9.17, 15) is 4.79 Å². The van der Waals surface area contributed by atoms with Gasteiger partial charge in [-0.3, -0.25) is 9.78 Å². The van der Waals surface area contributed by atoms with E-state index in [0.717, 1.165) is 5.56 Å². The van der Waals surface area contributed by atoms with Gasteiger partial charge in [0.1, 0.15) is 0 Å². The third-order valence-electron chi connectivity index (χ3n) is 1.07. The zero-order valence-corrected chi connectivity index (χ0v) is 6.38. The van der Waals surface area contributed by atoms with Gasteiger partial charge in [0.15, 0.2) is 0 Å². The maximum absolute atomic E-state index is 9.80. The molecule has 0 spiro atoms. The highest BCUT2D eigenvalue weighted by Crippen LogP contribution is 2.08. The molecule has 0 aromatic carbocycles. The Kier molecular flexibility index (Phi) is 2.81. The summed E-state index contributed by atoms with van der Waals surface area (Å²) in [7, 11) is 0. The summed E-state index contributed by atoms with van der Waals surface area (Å²) in [5, 5.41) is 0.554. The lowest BCUT2D eigenvalue weighted by Gasteiger charge is -1.90. The molecule has 0 aliphatic carbocycles. The minimum atomic E-state index is 0.554. The molecule has 0 saturated carbocycles. The Morgan fingerprint density at radius 1 is 1.55 bits per heavy atom. The third-order valence-corrected chi connectivity index (χ3v) is 1.28. The van der Waals surface area contributed by atoms with Gasteiger partial charge in [-0.15, -0.1) is 0 Å². The fraction of sp³-hybridized carbons (Fsp3) is 0. The first kappa shape index (κ1) is 7.95. The summed E-state index contributed by atoms with van der Waals surface area (Å²) in [5.41, 5.74) is 0.792. The molecular weight excluding hydrogens is 162 g/mol. The number of pyridine rings is 1. The molecule has 0 saturated heterocycles. The fourth-order valence-electron chi connectivity index (χ4n) is 0.650. The number of hydrogen-bond donors (Lipinski definition) is 0. The molecule has 2 nitrogen and oxygen atoms in total. The molecule has 1 radical (unpaired) electrons. The molecule has 3 heteroatoms. The standard InChI is InChI=1S/C8H5ClNO/c9-8-4-7(2-1-3-11)5-10-6-8/h1-2,4-6H. The first-order chi connectivity index (χ1) is 5.33. The Balaban J connectivity index is 2.87. The predicted molar refractivity (Wildman–Crippen MR) is 44.0 cm³/mol. The molecule has 11 heavy (non-hydrogen) atoms. The van der Waals surface area contributed by atoms with Gasteiger partial charge in [-0.1, -0.05) is 11.6 Å². The Morgan fingerprint density at radius 2 is 2.36 bits per heavy atom. The Labute approximate surface area is 69.5 Å². The highest BCUT2D eigenvalue weighted by atomic mass is 35.5. The average Bonchev–Trinajstić information content (AvgIpc) is 2.01. The molecule has 1 rings (SSSR count). The predicted octanol–water partition coefficient (Wildman–Crippen LogP) is 1.86. The van der Waals surface area contributed by atoms with Gasteiger partial charge >= 0.3 is 0 Å². The van der Waals surface area contributed by atoms with Crippen LogP contribution in [0.15, 0.2) is 24.5 Å². The SMILES string of the molecule is O=[C]C=Cc1cncc(Cl)c1. The van der Waals surface area contributed by atoms with E-state index in [2.05, 4.69) is 4.98 Å². The molecule has 1 aromatic rings. The Hall–Kier alpha value is -1.15. The number of aromatic nitrogens is 1. The summed E-state index contributed by atoms with van der Waals surface area (Å²) in [6.07, 6.45) is 7.64. The molecule has 55 valence electrons. The summed E-state index contributed by atoms with van der Waals surface area (Å²) in [4.78, 5) is 13.6. The quantitative estimate of drug-likeness (QED) is 0.628. The second-order valence-corrected chi connectivity index (χ2v) is 2.32. The third kappa shape index (κ3) is 2.51. The second-order valence-electron chi connectivity index (χ2n) is 1.89. The van der Waals surface area contributed by atoms with Crippen LogP contribution in [0, 0.1) is 0 Å². The highest BCUT2D eigenvalue weighted by molar-refractivity contribution is 6.30. The number of allylic oxidation sites excluding steroid dienone is 1. The molecule has 0 bridgehead atoms. The van der Waals surface area contributed by atoms with Crippen LogP contribution in [-0.2, 0) is 4.79 Å². The molecule has 0 amide bonds. The van der Waals surface area contributed by atoms with Crippen LogP contribution in [0.5, 0.6) is 0 Å². The van der Waals surface area contributed by atoms with Crippen molar-refractivity contribution in [2.75, 3.05) is 0 Å². The summed E-state index contributed by atoms with van der Waals surface area (Å²) < 4.78 is 0. The van der Waals surface area contributed by atoms with E-state index in [1.54, 1.807) is 24.6 Å². The summed E-state index contributed by atoms with van der Waals surface area (Å²) in [5.74, 6) is 0. The summed E-state index contributed by atoms with van der Waals surface area (Å²) in [6.45, 7) is 0. The van der Waals surface area contributed by atoms with Crippen molar-refractivity contribution in [3.8, 4) is 0 Å². The van der Waals surface area contributed by atoms with Crippen LogP contribution in [-0.4, -0.2) is 11.3 Å². The Morgan fingerprint density at radius 3 is 3.00 bits per heavy atom. The molecular formula is C8H5ClNO. The van der Waals surface area contributed by atoms with Crippen molar-refractivity contribution in [2.45, 2.75) is 0 Å². The molecule has 0 N–H and O–H groups in total. The van der Waals surface area contributed by atoms with E-state index < -0.39 is 0 Å². The summed E-state index contributed by atoms with van der Waals surface area (Å²) in [6, 6.07) is 1.71. The zero-order chi connectivity index (χ0) is 8.10. The topological polar surface area (TPSA) is 30.0 Å². The zero-order valence-electron chi connectivity index (χ0n) is 5.62. The van der Waals surface area contributed by atoms with Crippen molar-refractivity contribution in [1.29, 1.82) is 0 Å². The van der Waals surface area contributed by atoms with Gasteiger partial charge in [0, 0.05) is 12.4 Å². The first-order valence-electron chi connectivity index (χ1n) is 2.97. The van der Waals surface area contributed by atoms with Crippen molar-refractivity contribution in [3.63, 3.8) is 0 Å². The van der Waals surface area contributed by atoms with Gasteiger partial charge in [-0.05, 0) is 23.8 Å². The second kappa shape index (κ2) is 3.88. The van der Waals surface area contributed by atoms with Crippen molar-refractivity contribution >= 4 is 24.0 Å². The van der Waals surface area contributed by atoms with Crippen LogP contribution in [0.1, 0.15) is 5.56 Å². The largest absolute Gasteiger partial charge is 0.286 e. The average molecular weight is 167 g/mol. The lowest BCUT2D eigenvalue weighted by atomic mass is 10.3. The molecule has 0 fully saturated rings. The van der Waals surface area contributed by atoms with Crippen molar-refractivity contribution in [2.24, 2.45) is 0 Å². The molecule has 0 aliphatic heterocycles. The van der Waals surface area contributed by atoms with E-state index >= 15 is 0 Å². The van der Waals surface area contributed by atoms with Crippen LogP contribution in [0.4, 0.5) is 0 Å². The maximum Gasteiger partial charge on any atom is 0.225 e. The van der Waals surface area contributed by atoms with Gasteiger partial charge in [0.05, 0.1) is 5.02 Å². The van der Waals surface area contributed by atoms with Crippen molar-refractivity contribution in [3.05, 3.63) is 35.1 Å². The summed E-state index contributed by atoms with van der Waals surface area (Å²) >= 11 is 5.63. The normalized spacial score (nSPS) is 10.3. The van der Waals surface area contributed by atoms with E-state index in [-0.39, 0.29) is 0 Å². The highest BCUT2D eigenvalue weighted by Gasteiger charge is 1.88. The smallest absolute Gasteiger partial charge is 0.225 e. The number of rotatable bonds is 2. The first-order valence-corrected chi connectivity index (χ1v) is 3.35. The molecule has 0 aliphatic rings. The lowest BCUT2D eigenvalue weighted by molar-refractivity contribution is 0.564. The number of nitrogens with zero attached hydrogens (tertiary/aromatic N) is 1. The van der Waals surface area contributed by atoms with Crippen LogP contribution in [0.2, 0.25) is 5.02 Å². The number of carbonyl (C=O) groups excluding carboxylic acids is 1. The van der Waals surface area contributed by atoms with Crippen LogP contribution < -0.4 is 0 Å². The molecule has 1 heterocycles.